The fourth-order valence-corrected chi connectivity index (χ4v) is 4.19. The normalized spacial score (nSPS) is 12.9. The minimum Gasteiger partial charge on any atom is -0.444 e. The van der Waals surface area contributed by atoms with E-state index in [1.807, 2.05) is 69.5 Å². The second-order valence-corrected chi connectivity index (χ2v) is 11.0. The number of carbonyl (C=O) groups is 3. The fraction of sp³-hybridized carbons (Fsp3) is 0.464. The van der Waals surface area contributed by atoms with E-state index in [0.717, 1.165) is 16.7 Å². The van der Waals surface area contributed by atoms with Gasteiger partial charge in [0.25, 0.3) is 5.91 Å². The van der Waals surface area contributed by atoms with Gasteiger partial charge < -0.3 is 20.3 Å². The number of para-hydroxylation sites is 1. The van der Waals surface area contributed by atoms with Gasteiger partial charge in [0.15, 0.2) is 0 Å². The van der Waals surface area contributed by atoms with E-state index in [9.17, 15) is 14.4 Å². The second-order valence-electron chi connectivity index (χ2n) is 9.98. The van der Waals surface area contributed by atoms with E-state index in [2.05, 4.69) is 10.6 Å². The molecule has 0 aliphatic carbocycles. The second kappa shape index (κ2) is 12.8. The van der Waals surface area contributed by atoms with Crippen molar-refractivity contribution < 1.29 is 19.1 Å². The highest BCUT2D eigenvalue weighted by Crippen LogP contribution is 2.26. The topological polar surface area (TPSA) is 87.7 Å². The molecule has 0 aliphatic rings. The number of ether oxygens (including phenoxy) is 1. The van der Waals surface area contributed by atoms with E-state index in [4.69, 9.17) is 4.74 Å². The summed E-state index contributed by atoms with van der Waals surface area (Å²) in [4.78, 5) is 41.3. The smallest absolute Gasteiger partial charge is 0.408 e. The van der Waals surface area contributed by atoms with Gasteiger partial charge in [-0.2, -0.15) is 11.8 Å². The molecule has 8 heteroatoms. The van der Waals surface area contributed by atoms with E-state index in [-0.39, 0.29) is 11.8 Å². The van der Waals surface area contributed by atoms with E-state index in [1.165, 1.54) is 4.90 Å². The third kappa shape index (κ3) is 8.29. The average molecular weight is 514 g/mol. The molecule has 2 atom stereocenters. The zero-order valence-corrected chi connectivity index (χ0v) is 23.4. The van der Waals surface area contributed by atoms with Crippen molar-refractivity contribution in [3.63, 3.8) is 0 Å². The fourth-order valence-electron chi connectivity index (χ4n) is 3.72. The minimum absolute atomic E-state index is 0.329. The first kappa shape index (κ1) is 29.2. The molecule has 0 radical (unpaired) electrons. The van der Waals surface area contributed by atoms with Crippen LogP contribution >= 0.6 is 11.8 Å². The first-order valence-corrected chi connectivity index (χ1v) is 13.4. The van der Waals surface area contributed by atoms with Gasteiger partial charge in [0.05, 0.1) is 0 Å². The Hall–Kier alpha value is -3.00. The molecule has 3 amide bonds. The minimum atomic E-state index is -0.895. The maximum absolute atomic E-state index is 13.7. The summed E-state index contributed by atoms with van der Waals surface area (Å²) in [6.45, 7) is 11.2. The quantitative estimate of drug-likeness (QED) is 0.469. The van der Waals surface area contributed by atoms with E-state index in [0.29, 0.717) is 23.4 Å². The van der Waals surface area contributed by atoms with E-state index < -0.39 is 23.8 Å². The Morgan fingerprint density at radius 1 is 1.00 bits per heavy atom. The number of thioether (sulfide) groups is 1. The highest BCUT2D eigenvalue weighted by Gasteiger charge is 2.34. The maximum atomic E-state index is 13.7. The van der Waals surface area contributed by atoms with Gasteiger partial charge in [-0.1, -0.05) is 36.4 Å². The summed E-state index contributed by atoms with van der Waals surface area (Å²) < 4.78 is 5.38. The summed E-state index contributed by atoms with van der Waals surface area (Å²) in [5.41, 5.74) is 3.72. The number of hydrogen-bond donors (Lipinski definition) is 2. The highest BCUT2D eigenvalue weighted by molar-refractivity contribution is 7.98. The van der Waals surface area contributed by atoms with Crippen molar-refractivity contribution in [3.8, 4) is 0 Å². The maximum Gasteiger partial charge on any atom is 0.408 e. The molecule has 7 nitrogen and oxygen atoms in total. The molecule has 0 heterocycles. The van der Waals surface area contributed by atoms with Crippen molar-refractivity contribution in [3.05, 3.63) is 64.7 Å². The lowest BCUT2D eigenvalue weighted by atomic mass is 9.98. The number of carbonyl (C=O) groups excluding carboxylic acids is 3. The van der Waals surface area contributed by atoms with Crippen molar-refractivity contribution in [2.45, 2.75) is 65.6 Å². The molecule has 0 spiro atoms. The molecular formula is C28H39N3O4S. The van der Waals surface area contributed by atoms with Crippen LogP contribution in [0.1, 0.15) is 55.5 Å². The number of amides is 3. The number of nitrogens with one attached hydrogen (secondary N) is 2. The van der Waals surface area contributed by atoms with Crippen molar-refractivity contribution in [2.75, 3.05) is 24.4 Å². The predicted octanol–water partition coefficient (Wildman–Crippen LogP) is 5.40. The van der Waals surface area contributed by atoms with Crippen LogP contribution in [0.5, 0.6) is 0 Å². The van der Waals surface area contributed by atoms with E-state index in [1.54, 1.807) is 39.6 Å². The Labute approximate surface area is 219 Å². The third-order valence-corrected chi connectivity index (χ3v) is 6.48. The molecule has 0 bridgehead atoms. The molecule has 2 unspecified atom stereocenters. The number of aryl methyl sites for hydroxylation is 3. The summed E-state index contributed by atoms with van der Waals surface area (Å²) in [5, 5.41) is 5.70. The molecule has 36 heavy (non-hydrogen) atoms. The summed E-state index contributed by atoms with van der Waals surface area (Å²) in [5.74, 6) is -0.0358. The number of alkyl carbamates (subject to hydrolysis) is 1. The number of anilines is 1. The number of likely N-dealkylation sites (N-methyl/N-ethyl adjacent to an activating group) is 1. The van der Waals surface area contributed by atoms with Crippen LogP contribution in [0, 0.1) is 20.8 Å². The molecule has 0 aromatic heterocycles. The van der Waals surface area contributed by atoms with Crippen molar-refractivity contribution in [1.29, 1.82) is 0 Å². The van der Waals surface area contributed by atoms with Gasteiger partial charge in [0, 0.05) is 12.7 Å². The Morgan fingerprint density at radius 3 is 2.25 bits per heavy atom. The molecule has 0 aliphatic heterocycles. The highest BCUT2D eigenvalue weighted by atomic mass is 32.2. The molecule has 2 aromatic rings. The van der Waals surface area contributed by atoms with Crippen LogP contribution < -0.4 is 10.6 Å². The van der Waals surface area contributed by atoms with Crippen LogP contribution in [-0.4, -0.2) is 53.5 Å². The first-order valence-electron chi connectivity index (χ1n) is 12.0. The SMILES string of the molecule is CSCCC(NC(=O)OC(C)(C)C)C(=O)N(C)C(C(=O)Nc1ccccc1C)c1ccc(C)c(C)c1. The van der Waals surface area contributed by atoms with Gasteiger partial charge in [-0.25, -0.2) is 4.79 Å². The number of hydrogen-bond acceptors (Lipinski definition) is 5. The van der Waals surface area contributed by atoms with Crippen LogP contribution in [0.3, 0.4) is 0 Å². The number of benzene rings is 2. The van der Waals surface area contributed by atoms with Gasteiger partial charge in [0.1, 0.15) is 17.7 Å². The van der Waals surface area contributed by atoms with Crippen LogP contribution in [0.4, 0.5) is 10.5 Å². The van der Waals surface area contributed by atoms with Crippen LogP contribution in [0.2, 0.25) is 0 Å². The van der Waals surface area contributed by atoms with E-state index >= 15 is 0 Å². The third-order valence-electron chi connectivity index (χ3n) is 5.83. The van der Waals surface area contributed by atoms with Gasteiger partial charge >= 0.3 is 6.09 Å². The molecule has 196 valence electrons. The standard InChI is InChI=1S/C28H39N3O4S/c1-18-13-14-21(17-20(18)3)24(25(32)29-22-12-10-9-11-19(22)2)31(7)26(33)23(15-16-36-8)30-27(34)35-28(4,5)6/h9-14,17,23-24H,15-16H2,1-8H3,(H,29,32)(H,30,34). The molecule has 2 N–H and O–H groups in total. The first-order chi connectivity index (χ1) is 16.8. The molecular weight excluding hydrogens is 474 g/mol. The van der Waals surface area contributed by atoms with Crippen LogP contribution in [0.25, 0.3) is 0 Å². The Bertz CT molecular complexity index is 1080. The largest absolute Gasteiger partial charge is 0.444 e. The molecule has 0 saturated carbocycles. The number of nitrogens with zero attached hydrogens (tertiary/aromatic N) is 1. The van der Waals surface area contributed by atoms with Gasteiger partial charge in [-0.05, 0) is 88.3 Å². The van der Waals surface area contributed by atoms with Gasteiger partial charge in [0.2, 0.25) is 5.91 Å². The summed E-state index contributed by atoms with van der Waals surface area (Å²) >= 11 is 1.58. The summed E-state index contributed by atoms with van der Waals surface area (Å²) in [6.07, 6.45) is 1.68. The Kier molecular flexibility index (Phi) is 10.4. The lowest BCUT2D eigenvalue weighted by molar-refractivity contribution is -0.139. The van der Waals surface area contributed by atoms with Gasteiger partial charge in [-0.3, -0.25) is 9.59 Å². The summed E-state index contributed by atoms with van der Waals surface area (Å²) in [6, 6.07) is 11.5. The lowest BCUT2D eigenvalue weighted by Crippen LogP contribution is -2.51. The molecule has 0 saturated heterocycles. The molecule has 2 aromatic carbocycles. The Balaban J connectivity index is 2.41. The van der Waals surface area contributed by atoms with Crippen LogP contribution in [-0.2, 0) is 14.3 Å². The van der Waals surface area contributed by atoms with Crippen molar-refractivity contribution >= 4 is 35.4 Å². The molecule has 0 fully saturated rings. The van der Waals surface area contributed by atoms with Crippen LogP contribution in [0.15, 0.2) is 42.5 Å². The van der Waals surface area contributed by atoms with Crippen molar-refractivity contribution in [2.24, 2.45) is 0 Å². The predicted molar refractivity (Wildman–Crippen MR) is 147 cm³/mol. The average Bonchev–Trinajstić information content (AvgIpc) is 2.79. The lowest BCUT2D eigenvalue weighted by Gasteiger charge is -2.32. The summed E-state index contributed by atoms with van der Waals surface area (Å²) in [7, 11) is 1.60. The zero-order chi connectivity index (χ0) is 27.0. The van der Waals surface area contributed by atoms with Gasteiger partial charge in [-0.15, -0.1) is 0 Å². The Morgan fingerprint density at radius 2 is 1.67 bits per heavy atom. The molecule has 2 rings (SSSR count). The zero-order valence-electron chi connectivity index (χ0n) is 22.6. The van der Waals surface area contributed by atoms with Crippen molar-refractivity contribution in [1.82, 2.24) is 10.2 Å². The number of rotatable bonds is 9. The monoisotopic (exact) mass is 513 g/mol.